The number of fused-ring (bicyclic) bond motifs is 1. The van der Waals surface area contributed by atoms with E-state index in [1.165, 1.54) is 11.6 Å². The lowest BCUT2D eigenvalue weighted by Crippen LogP contribution is -2.38. The van der Waals surface area contributed by atoms with Gasteiger partial charge in [0.15, 0.2) is 11.2 Å². The number of aromatic nitrogens is 4. The molecule has 25 heavy (non-hydrogen) atoms. The van der Waals surface area contributed by atoms with Gasteiger partial charge in [0.2, 0.25) is 0 Å². The Hall–Kier alpha value is -3.41. The zero-order valence-electron chi connectivity index (χ0n) is 13.9. The van der Waals surface area contributed by atoms with Gasteiger partial charge in [0.05, 0.1) is 5.69 Å². The molecule has 0 bridgehead atoms. The SMILES string of the molecule is Cc1nc2c(c(=O)n(C)c(=O)n2-c2ccccc2)n1-c1ccccc1. The normalized spacial score (nSPS) is 11.1. The fraction of sp³-hybridized carbons (Fsp3) is 0.105. The van der Waals surface area contributed by atoms with Gasteiger partial charge in [-0.05, 0) is 31.2 Å². The van der Waals surface area contributed by atoms with Crippen molar-refractivity contribution in [2.75, 3.05) is 0 Å². The highest BCUT2D eigenvalue weighted by Crippen LogP contribution is 2.19. The van der Waals surface area contributed by atoms with Crippen LogP contribution in [0.1, 0.15) is 5.82 Å². The maximum atomic E-state index is 12.8. The first kappa shape index (κ1) is 15.1. The molecule has 0 unspecified atom stereocenters. The van der Waals surface area contributed by atoms with E-state index in [1.54, 1.807) is 4.57 Å². The molecule has 124 valence electrons. The summed E-state index contributed by atoms with van der Waals surface area (Å²) < 4.78 is 4.38. The summed E-state index contributed by atoms with van der Waals surface area (Å²) in [4.78, 5) is 30.1. The number of hydrogen-bond acceptors (Lipinski definition) is 3. The Morgan fingerprint density at radius 1 is 0.800 bits per heavy atom. The molecule has 0 saturated heterocycles. The highest BCUT2D eigenvalue weighted by Gasteiger charge is 2.20. The first-order valence-corrected chi connectivity index (χ1v) is 7.91. The van der Waals surface area contributed by atoms with Crippen molar-refractivity contribution in [3.8, 4) is 11.4 Å². The molecular formula is C19H16N4O2. The predicted octanol–water partition coefficient (Wildman–Crippen LogP) is 2.18. The van der Waals surface area contributed by atoms with Crippen LogP contribution >= 0.6 is 0 Å². The van der Waals surface area contributed by atoms with Crippen LogP contribution in [0, 0.1) is 6.92 Å². The molecule has 2 heterocycles. The summed E-state index contributed by atoms with van der Waals surface area (Å²) in [5, 5.41) is 0. The average Bonchev–Trinajstić information content (AvgIpc) is 2.98. The Bertz CT molecular complexity index is 1190. The molecule has 0 aliphatic rings. The molecule has 4 rings (SSSR count). The number of aryl methyl sites for hydroxylation is 1. The van der Waals surface area contributed by atoms with E-state index in [4.69, 9.17) is 0 Å². The van der Waals surface area contributed by atoms with Crippen molar-refractivity contribution in [1.82, 2.24) is 18.7 Å². The zero-order valence-corrected chi connectivity index (χ0v) is 13.9. The smallest absolute Gasteiger partial charge is 0.290 e. The van der Waals surface area contributed by atoms with Gasteiger partial charge in [-0.15, -0.1) is 0 Å². The third-order valence-electron chi connectivity index (χ3n) is 4.25. The molecule has 0 amide bonds. The van der Waals surface area contributed by atoms with Crippen LogP contribution in [0.2, 0.25) is 0 Å². The first-order valence-electron chi connectivity index (χ1n) is 7.91. The molecule has 6 nitrogen and oxygen atoms in total. The molecule has 0 atom stereocenters. The van der Waals surface area contributed by atoms with Crippen molar-refractivity contribution in [3.05, 3.63) is 87.3 Å². The Kier molecular flexibility index (Phi) is 3.39. The Labute approximate surface area is 143 Å². The van der Waals surface area contributed by atoms with Gasteiger partial charge in [-0.3, -0.25) is 13.9 Å². The highest BCUT2D eigenvalue weighted by atomic mass is 16.2. The van der Waals surface area contributed by atoms with Crippen LogP contribution in [-0.4, -0.2) is 18.7 Å². The second-order valence-electron chi connectivity index (χ2n) is 5.82. The van der Waals surface area contributed by atoms with Crippen molar-refractivity contribution in [2.24, 2.45) is 7.05 Å². The van der Waals surface area contributed by atoms with Crippen LogP contribution in [0.4, 0.5) is 0 Å². The lowest BCUT2D eigenvalue weighted by molar-refractivity contribution is 0.746. The summed E-state index contributed by atoms with van der Waals surface area (Å²) in [7, 11) is 1.49. The van der Waals surface area contributed by atoms with Gasteiger partial charge in [-0.25, -0.2) is 14.3 Å². The second kappa shape index (κ2) is 5.59. The van der Waals surface area contributed by atoms with E-state index in [0.29, 0.717) is 22.7 Å². The number of para-hydroxylation sites is 2. The maximum absolute atomic E-state index is 12.8. The van der Waals surface area contributed by atoms with Crippen molar-refractivity contribution in [1.29, 1.82) is 0 Å². The van der Waals surface area contributed by atoms with E-state index in [1.807, 2.05) is 67.6 Å². The van der Waals surface area contributed by atoms with E-state index < -0.39 is 5.69 Å². The summed E-state index contributed by atoms with van der Waals surface area (Å²) in [5.41, 5.74) is 1.47. The lowest BCUT2D eigenvalue weighted by atomic mass is 10.3. The van der Waals surface area contributed by atoms with E-state index in [9.17, 15) is 9.59 Å². The summed E-state index contributed by atoms with van der Waals surface area (Å²) in [5.74, 6) is 0.647. The van der Waals surface area contributed by atoms with Crippen LogP contribution in [0.5, 0.6) is 0 Å². The topological polar surface area (TPSA) is 61.8 Å². The number of hydrogen-bond donors (Lipinski definition) is 0. The standard InChI is InChI=1S/C19H16N4O2/c1-13-20-17-16(22(13)14-9-5-3-6-10-14)18(24)21(2)19(25)23(17)15-11-7-4-8-12-15/h3-12H,1-2H3. The lowest BCUT2D eigenvalue weighted by Gasteiger charge is -2.10. The fourth-order valence-corrected chi connectivity index (χ4v) is 3.05. The van der Waals surface area contributed by atoms with Crippen molar-refractivity contribution in [3.63, 3.8) is 0 Å². The van der Waals surface area contributed by atoms with Crippen molar-refractivity contribution < 1.29 is 0 Å². The van der Waals surface area contributed by atoms with E-state index in [2.05, 4.69) is 4.98 Å². The molecule has 2 aromatic heterocycles. The quantitative estimate of drug-likeness (QED) is 0.565. The monoisotopic (exact) mass is 332 g/mol. The minimum atomic E-state index is -0.415. The highest BCUT2D eigenvalue weighted by molar-refractivity contribution is 5.75. The van der Waals surface area contributed by atoms with Crippen LogP contribution in [-0.2, 0) is 7.05 Å². The molecule has 4 aromatic rings. The number of rotatable bonds is 2. The van der Waals surface area contributed by atoms with Gasteiger partial charge in [0.25, 0.3) is 5.56 Å². The van der Waals surface area contributed by atoms with Crippen molar-refractivity contribution >= 4 is 11.2 Å². The molecular weight excluding hydrogens is 316 g/mol. The summed E-state index contributed by atoms with van der Waals surface area (Å²) >= 11 is 0. The molecule has 0 fully saturated rings. The number of nitrogens with zero attached hydrogens (tertiary/aromatic N) is 4. The largest absolute Gasteiger partial charge is 0.337 e. The van der Waals surface area contributed by atoms with Crippen LogP contribution < -0.4 is 11.2 Å². The molecule has 0 N–H and O–H groups in total. The van der Waals surface area contributed by atoms with E-state index in [0.717, 1.165) is 10.3 Å². The molecule has 0 radical (unpaired) electrons. The summed E-state index contributed by atoms with van der Waals surface area (Å²) in [6, 6.07) is 18.7. The fourth-order valence-electron chi connectivity index (χ4n) is 3.05. The third-order valence-corrected chi connectivity index (χ3v) is 4.25. The average molecular weight is 332 g/mol. The van der Waals surface area contributed by atoms with Gasteiger partial charge in [-0.2, -0.15) is 0 Å². The minimum Gasteiger partial charge on any atom is -0.290 e. The van der Waals surface area contributed by atoms with Gasteiger partial charge < -0.3 is 0 Å². The minimum absolute atomic E-state index is 0.362. The summed E-state index contributed by atoms with van der Waals surface area (Å²) in [6.45, 7) is 1.83. The zero-order chi connectivity index (χ0) is 17.6. The summed E-state index contributed by atoms with van der Waals surface area (Å²) in [6.07, 6.45) is 0. The number of imidazole rings is 1. The maximum Gasteiger partial charge on any atom is 0.337 e. The molecule has 0 aliphatic heterocycles. The molecule has 2 aromatic carbocycles. The predicted molar refractivity (Wildman–Crippen MR) is 96.6 cm³/mol. The van der Waals surface area contributed by atoms with Crippen LogP contribution in [0.25, 0.3) is 22.5 Å². The molecule has 0 spiro atoms. The van der Waals surface area contributed by atoms with Gasteiger partial charge in [0.1, 0.15) is 5.82 Å². The van der Waals surface area contributed by atoms with E-state index >= 15 is 0 Å². The van der Waals surface area contributed by atoms with Gasteiger partial charge in [-0.1, -0.05) is 36.4 Å². The van der Waals surface area contributed by atoms with Gasteiger partial charge in [0, 0.05) is 12.7 Å². The Morgan fingerprint density at radius 3 is 1.88 bits per heavy atom. The molecule has 0 saturated carbocycles. The number of benzene rings is 2. The molecule has 0 aliphatic carbocycles. The second-order valence-corrected chi connectivity index (χ2v) is 5.82. The van der Waals surface area contributed by atoms with E-state index in [-0.39, 0.29) is 5.56 Å². The first-order chi connectivity index (χ1) is 12.1. The van der Waals surface area contributed by atoms with Crippen LogP contribution in [0.15, 0.2) is 70.3 Å². The molecule has 6 heteroatoms. The van der Waals surface area contributed by atoms with Crippen LogP contribution in [0.3, 0.4) is 0 Å². The van der Waals surface area contributed by atoms with Gasteiger partial charge >= 0.3 is 5.69 Å². The Balaban J connectivity index is 2.20. The van der Waals surface area contributed by atoms with Crippen molar-refractivity contribution in [2.45, 2.75) is 6.92 Å². The third kappa shape index (κ3) is 2.22. The Morgan fingerprint density at radius 2 is 1.32 bits per heavy atom.